The lowest BCUT2D eigenvalue weighted by molar-refractivity contribution is -0.191. The topological polar surface area (TPSA) is 71.1 Å². The van der Waals surface area contributed by atoms with Gasteiger partial charge in [-0.05, 0) is 43.9 Å². The molecule has 6 rings (SSSR count). The van der Waals surface area contributed by atoms with Crippen LogP contribution >= 0.6 is 0 Å². The van der Waals surface area contributed by atoms with E-state index >= 15 is 0 Å². The van der Waals surface area contributed by atoms with Gasteiger partial charge in [-0.3, -0.25) is 0 Å². The van der Waals surface area contributed by atoms with Gasteiger partial charge in [0.05, 0.1) is 26.4 Å². The predicted octanol–water partition coefficient (Wildman–Crippen LogP) is 1.31. The highest BCUT2D eigenvalue weighted by Gasteiger charge is 2.89. The molecule has 25 heavy (non-hydrogen) atoms. The maximum absolute atomic E-state index is 13.1. The SMILES string of the molecule is COC(=O)C12OC(C(=O)OC)(C3C4CCC(C4)C31)C1C3CCC(O3)C12. The monoisotopic (exact) mass is 348 g/mol. The minimum absolute atomic E-state index is 0.000655. The fourth-order valence-electron chi connectivity index (χ4n) is 8.23. The van der Waals surface area contributed by atoms with Crippen molar-refractivity contribution < 1.29 is 28.5 Å². The number of carbonyl (C=O) groups is 2. The van der Waals surface area contributed by atoms with Crippen LogP contribution in [0.5, 0.6) is 0 Å². The van der Waals surface area contributed by atoms with Crippen LogP contribution in [0.4, 0.5) is 0 Å². The van der Waals surface area contributed by atoms with Crippen LogP contribution in [0.1, 0.15) is 32.1 Å². The molecule has 0 N–H and O–H groups in total. The van der Waals surface area contributed by atoms with Gasteiger partial charge in [-0.15, -0.1) is 0 Å². The lowest BCUT2D eigenvalue weighted by Gasteiger charge is -2.47. The van der Waals surface area contributed by atoms with E-state index in [2.05, 4.69) is 0 Å². The Morgan fingerprint density at radius 1 is 0.800 bits per heavy atom. The van der Waals surface area contributed by atoms with E-state index in [-0.39, 0.29) is 47.8 Å². The normalized spacial score (nSPS) is 59.1. The standard InChI is InChI=1S/C19H24O6/c1-22-16(20)18-12-8-3-4-9(7-8)13(12)19(25-18,17(21)23-2)15-11-6-5-10(24-11)14(15)18/h8-15H,3-7H2,1-2H3. The predicted molar refractivity (Wildman–Crippen MR) is 83.3 cm³/mol. The summed E-state index contributed by atoms with van der Waals surface area (Å²) in [7, 11) is 2.87. The van der Waals surface area contributed by atoms with Crippen LogP contribution in [-0.2, 0) is 28.5 Å². The molecule has 4 aliphatic heterocycles. The van der Waals surface area contributed by atoms with Crippen molar-refractivity contribution in [3.05, 3.63) is 0 Å². The van der Waals surface area contributed by atoms with Gasteiger partial charge in [0.2, 0.25) is 0 Å². The van der Waals surface area contributed by atoms with Crippen LogP contribution in [0.25, 0.3) is 0 Å². The number of esters is 2. The van der Waals surface area contributed by atoms with Gasteiger partial charge < -0.3 is 18.9 Å². The highest BCUT2D eigenvalue weighted by atomic mass is 16.6. The Balaban J connectivity index is 1.60. The van der Waals surface area contributed by atoms with Gasteiger partial charge in [0.25, 0.3) is 0 Å². The van der Waals surface area contributed by atoms with E-state index in [1.54, 1.807) is 0 Å². The molecule has 0 aromatic carbocycles. The molecule has 0 amide bonds. The van der Waals surface area contributed by atoms with Crippen molar-refractivity contribution in [3.63, 3.8) is 0 Å². The molecule has 6 nitrogen and oxygen atoms in total. The van der Waals surface area contributed by atoms with E-state index in [0.29, 0.717) is 11.8 Å². The number of hydrogen-bond donors (Lipinski definition) is 0. The average molecular weight is 348 g/mol. The Morgan fingerprint density at radius 3 is 1.72 bits per heavy atom. The fraction of sp³-hybridized carbons (Fsp3) is 0.895. The third-order valence-electron chi connectivity index (χ3n) is 8.52. The van der Waals surface area contributed by atoms with Crippen molar-refractivity contribution in [1.82, 2.24) is 0 Å². The first-order chi connectivity index (χ1) is 12.1. The summed E-state index contributed by atoms with van der Waals surface area (Å²) in [5, 5.41) is 0. The summed E-state index contributed by atoms with van der Waals surface area (Å²) in [6, 6.07) is 0. The highest BCUT2D eigenvalue weighted by molar-refractivity contribution is 5.89. The highest BCUT2D eigenvalue weighted by Crippen LogP contribution is 2.77. The lowest BCUT2D eigenvalue weighted by Crippen LogP contribution is -2.62. The quantitative estimate of drug-likeness (QED) is 0.701. The molecule has 4 saturated heterocycles. The Hall–Kier alpha value is -1.14. The molecule has 0 aromatic rings. The summed E-state index contributed by atoms with van der Waals surface area (Å²) in [6.07, 6.45) is 5.23. The van der Waals surface area contributed by atoms with Crippen LogP contribution < -0.4 is 0 Å². The molecular formula is C19H24O6. The second-order valence-corrected chi connectivity index (χ2v) is 8.90. The van der Waals surface area contributed by atoms with Gasteiger partial charge in [0.15, 0.2) is 11.2 Å². The molecule has 6 fully saturated rings. The number of methoxy groups -OCH3 is 2. The van der Waals surface area contributed by atoms with Crippen molar-refractivity contribution in [2.45, 2.75) is 55.5 Å². The lowest BCUT2D eigenvalue weighted by atomic mass is 9.50. The molecule has 2 aliphatic carbocycles. The molecule has 2 saturated carbocycles. The molecule has 0 radical (unpaired) electrons. The summed E-state index contributed by atoms with van der Waals surface area (Å²) in [5.74, 6) is 0.288. The summed E-state index contributed by atoms with van der Waals surface area (Å²) < 4.78 is 23.4. The zero-order chi connectivity index (χ0) is 17.1. The maximum Gasteiger partial charge on any atom is 0.338 e. The van der Waals surface area contributed by atoms with Crippen molar-refractivity contribution >= 4 is 11.9 Å². The first kappa shape index (κ1) is 15.0. The maximum atomic E-state index is 13.1. The number of rotatable bonds is 2. The minimum atomic E-state index is -1.02. The van der Waals surface area contributed by atoms with E-state index < -0.39 is 11.2 Å². The Morgan fingerprint density at radius 2 is 1.28 bits per heavy atom. The van der Waals surface area contributed by atoms with E-state index in [1.807, 2.05) is 0 Å². The largest absolute Gasteiger partial charge is 0.467 e. The van der Waals surface area contributed by atoms with E-state index in [0.717, 1.165) is 32.1 Å². The number of fused-ring (bicyclic) bond motifs is 16. The van der Waals surface area contributed by atoms with Crippen molar-refractivity contribution in [1.29, 1.82) is 0 Å². The number of ether oxygens (including phenoxy) is 4. The van der Waals surface area contributed by atoms with E-state index in [1.165, 1.54) is 14.2 Å². The Labute approximate surface area is 146 Å². The molecule has 10 atom stereocenters. The Bertz CT molecular complexity index is 585. The first-order valence-electron chi connectivity index (χ1n) is 9.62. The van der Waals surface area contributed by atoms with Gasteiger partial charge in [0.1, 0.15) is 0 Å². The van der Waals surface area contributed by atoms with E-state index in [9.17, 15) is 9.59 Å². The molecule has 136 valence electrons. The smallest absolute Gasteiger partial charge is 0.338 e. The van der Waals surface area contributed by atoms with Gasteiger partial charge >= 0.3 is 11.9 Å². The van der Waals surface area contributed by atoms with Crippen LogP contribution in [0.15, 0.2) is 0 Å². The van der Waals surface area contributed by atoms with Crippen LogP contribution in [0.3, 0.4) is 0 Å². The summed E-state index contributed by atoms with van der Waals surface area (Å²) in [5.41, 5.74) is -2.03. The molecule has 0 spiro atoms. The molecule has 4 heterocycles. The second kappa shape index (κ2) is 4.39. The zero-order valence-corrected chi connectivity index (χ0v) is 14.6. The molecule has 0 aromatic heterocycles. The summed E-state index contributed by atoms with van der Waals surface area (Å²) >= 11 is 0. The molecule has 6 bridgehead atoms. The summed E-state index contributed by atoms with van der Waals surface area (Å²) in [6.45, 7) is 0. The van der Waals surface area contributed by atoms with Crippen LogP contribution in [0, 0.1) is 35.5 Å². The fourth-order valence-corrected chi connectivity index (χ4v) is 8.23. The molecular weight excluding hydrogens is 324 g/mol. The third kappa shape index (κ3) is 1.32. The molecule has 6 aliphatic rings. The van der Waals surface area contributed by atoms with Gasteiger partial charge in [0, 0.05) is 23.7 Å². The molecule has 6 heteroatoms. The number of hydrogen-bond acceptors (Lipinski definition) is 6. The average Bonchev–Trinajstić information content (AvgIpc) is 3.44. The van der Waals surface area contributed by atoms with Crippen molar-refractivity contribution in [2.24, 2.45) is 35.5 Å². The van der Waals surface area contributed by atoms with Crippen molar-refractivity contribution in [2.75, 3.05) is 14.2 Å². The third-order valence-corrected chi connectivity index (χ3v) is 8.52. The summed E-state index contributed by atoms with van der Waals surface area (Å²) in [4.78, 5) is 26.3. The zero-order valence-electron chi connectivity index (χ0n) is 14.6. The van der Waals surface area contributed by atoms with E-state index in [4.69, 9.17) is 18.9 Å². The van der Waals surface area contributed by atoms with Gasteiger partial charge in [-0.25, -0.2) is 9.59 Å². The minimum Gasteiger partial charge on any atom is -0.467 e. The Kier molecular flexibility index (Phi) is 2.63. The van der Waals surface area contributed by atoms with Gasteiger partial charge in [-0.1, -0.05) is 0 Å². The van der Waals surface area contributed by atoms with Crippen molar-refractivity contribution in [3.8, 4) is 0 Å². The molecule has 10 unspecified atom stereocenters. The van der Waals surface area contributed by atoms with Crippen LogP contribution in [-0.4, -0.2) is 49.6 Å². The number of carbonyl (C=O) groups excluding carboxylic acids is 2. The second-order valence-electron chi connectivity index (χ2n) is 8.90. The van der Waals surface area contributed by atoms with Gasteiger partial charge in [-0.2, -0.15) is 0 Å². The first-order valence-corrected chi connectivity index (χ1v) is 9.62. The van der Waals surface area contributed by atoms with Crippen LogP contribution in [0.2, 0.25) is 0 Å².